The molecule has 0 unspecified atom stereocenters. The molecule has 0 aliphatic heterocycles. The number of likely N-dealkylation sites (N-methyl/N-ethyl adjacent to an activating group) is 1. The zero-order valence-corrected chi connectivity index (χ0v) is 9.19. The number of hydrogen-bond donors (Lipinski definition) is 1. The molecule has 0 amide bonds. The molecule has 0 aromatic heterocycles. The van der Waals surface area contributed by atoms with E-state index >= 15 is 0 Å². The summed E-state index contributed by atoms with van der Waals surface area (Å²) >= 11 is 0. The van der Waals surface area contributed by atoms with Crippen molar-refractivity contribution in [3.63, 3.8) is 0 Å². The maximum Gasteiger partial charge on any atom is 0.153 e. The van der Waals surface area contributed by atoms with Gasteiger partial charge in [-0.3, -0.25) is 0 Å². The number of carboxylic acids is 1. The third-order valence-corrected chi connectivity index (χ3v) is 2.69. The Labute approximate surface area is 90.3 Å². The van der Waals surface area contributed by atoms with Crippen molar-refractivity contribution in [1.29, 1.82) is 0 Å². The second-order valence-corrected chi connectivity index (χ2v) is 3.53. The first-order chi connectivity index (χ1) is 7.20. The molecule has 0 heterocycles. The van der Waals surface area contributed by atoms with Crippen LogP contribution in [0.2, 0.25) is 0 Å². The van der Waals surface area contributed by atoms with E-state index in [1.807, 2.05) is 44.2 Å². The van der Waals surface area contributed by atoms with Crippen molar-refractivity contribution in [3.05, 3.63) is 35.9 Å². The van der Waals surface area contributed by atoms with Crippen LogP contribution in [0.4, 0.5) is 0 Å². The predicted molar refractivity (Wildman–Crippen MR) is 56.2 cm³/mol. The monoisotopic (exact) mass is 207 g/mol. The van der Waals surface area contributed by atoms with Crippen LogP contribution in [0.5, 0.6) is 0 Å². The lowest BCUT2D eigenvalue weighted by Crippen LogP contribution is -3.13. The SMILES string of the molecule is CC[NH+](CC)[C@H](C(=O)[O-])c1ccccc1. The Hall–Kier alpha value is -1.35. The number of hydrogen-bond acceptors (Lipinski definition) is 2. The molecule has 0 aliphatic carbocycles. The van der Waals surface area contributed by atoms with E-state index in [9.17, 15) is 9.90 Å². The van der Waals surface area contributed by atoms with Crippen molar-refractivity contribution in [2.45, 2.75) is 19.9 Å². The number of aliphatic carboxylic acids is 1. The molecular formula is C12H17NO2. The van der Waals surface area contributed by atoms with Crippen LogP contribution in [0.25, 0.3) is 0 Å². The van der Waals surface area contributed by atoms with Crippen molar-refractivity contribution in [2.24, 2.45) is 0 Å². The van der Waals surface area contributed by atoms with Gasteiger partial charge >= 0.3 is 0 Å². The smallest absolute Gasteiger partial charge is 0.153 e. The Morgan fingerprint density at radius 2 is 1.80 bits per heavy atom. The van der Waals surface area contributed by atoms with Crippen molar-refractivity contribution in [3.8, 4) is 0 Å². The standard InChI is InChI=1S/C12H17NO2/c1-3-13(4-2)11(12(14)15)10-8-6-5-7-9-10/h5-9,11H,3-4H2,1-2H3,(H,14,15)/t11-/m0/s1. The molecule has 0 spiro atoms. The number of nitrogens with one attached hydrogen (secondary N) is 1. The van der Waals surface area contributed by atoms with Gasteiger partial charge in [0.1, 0.15) is 5.97 Å². The van der Waals surface area contributed by atoms with E-state index in [-0.39, 0.29) is 0 Å². The van der Waals surface area contributed by atoms with Crippen LogP contribution in [0.1, 0.15) is 25.5 Å². The lowest BCUT2D eigenvalue weighted by molar-refractivity contribution is -0.921. The van der Waals surface area contributed by atoms with E-state index in [2.05, 4.69) is 0 Å². The molecule has 1 aromatic carbocycles. The quantitative estimate of drug-likeness (QED) is 0.701. The fourth-order valence-electron chi connectivity index (χ4n) is 1.84. The molecule has 0 bridgehead atoms. The van der Waals surface area contributed by atoms with Crippen LogP contribution in [0.15, 0.2) is 30.3 Å². The van der Waals surface area contributed by atoms with E-state index in [0.29, 0.717) is 0 Å². The third-order valence-electron chi connectivity index (χ3n) is 2.69. The number of quaternary nitrogens is 1. The normalized spacial score (nSPS) is 12.7. The summed E-state index contributed by atoms with van der Waals surface area (Å²) in [4.78, 5) is 12.1. The molecule has 1 aromatic rings. The van der Waals surface area contributed by atoms with Gasteiger partial charge < -0.3 is 14.8 Å². The first-order valence-electron chi connectivity index (χ1n) is 5.31. The van der Waals surface area contributed by atoms with E-state index in [1.165, 1.54) is 0 Å². The molecule has 3 nitrogen and oxygen atoms in total. The fourth-order valence-corrected chi connectivity index (χ4v) is 1.84. The Morgan fingerprint density at radius 1 is 1.27 bits per heavy atom. The van der Waals surface area contributed by atoms with E-state index in [0.717, 1.165) is 23.6 Å². The van der Waals surface area contributed by atoms with Gasteiger partial charge in [0.2, 0.25) is 0 Å². The summed E-state index contributed by atoms with van der Waals surface area (Å²) in [5.74, 6) is -1.00. The van der Waals surface area contributed by atoms with Crippen LogP contribution in [0.3, 0.4) is 0 Å². The molecule has 1 atom stereocenters. The van der Waals surface area contributed by atoms with Crippen LogP contribution in [-0.4, -0.2) is 19.1 Å². The zero-order chi connectivity index (χ0) is 11.3. The molecule has 0 saturated carbocycles. The van der Waals surface area contributed by atoms with Crippen LogP contribution >= 0.6 is 0 Å². The lowest BCUT2D eigenvalue weighted by atomic mass is 10.1. The van der Waals surface area contributed by atoms with Gasteiger partial charge in [0.15, 0.2) is 6.04 Å². The highest BCUT2D eigenvalue weighted by molar-refractivity contribution is 5.71. The van der Waals surface area contributed by atoms with Crippen molar-refractivity contribution >= 4 is 5.97 Å². The van der Waals surface area contributed by atoms with E-state index < -0.39 is 12.0 Å². The van der Waals surface area contributed by atoms with Gasteiger partial charge in [-0.2, -0.15) is 0 Å². The molecule has 0 radical (unpaired) electrons. The van der Waals surface area contributed by atoms with Gasteiger partial charge in [-0.1, -0.05) is 30.3 Å². The minimum absolute atomic E-state index is 0.554. The molecule has 0 aliphatic rings. The second kappa shape index (κ2) is 5.51. The summed E-state index contributed by atoms with van der Waals surface area (Å²) in [5.41, 5.74) is 0.816. The van der Waals surface area contributed by atoms with Gasteiger partial charge in [-0.25, -0.2) is 0 Å². The lowest BCUT2D eigenvalue weighted by Gasteiger charge is -2.27. The second-order valence-electron chi connectivity index (χ2n) is 3.53. The maximum atomic E-state index is 11.1. The third kappa shape index (κ3) is 2.80. The van der Waals surface area contributed by atoms with E-state index in [4.69, 9.17) is 0 Å². The van der Waals surface area contributed by atoms with Crippen LogP contribution in [-0.2, 0) is 4.79 Å². The van der Waals surface area contributed by atoms with Gasteiger partial charge in [0, 0.05) is 5.56 Å². The topological polar surface area (TPSA) is 44.6 Å². The Kier molecular flexibility index (Phi) is 4.31. The number of carbonyl (C=O) groups is 1. The highest BCUT2D eigenvalue weighted by Gasteiger charge is 2.22. The Bertz CT molecular complexity index is 307. The highest BCUT2D eigenvalue weighted by Crippen LogP contribution is 2.07. The first-order valence-corrected chi connectivity index (χ1v) is 5.31. The van der Waals surface area contributed by atoms with Gasteiger partial charge in [-0.05, 0) is 13.8 Å². The van der Waals surface area contributed by atoms with Crippen LogP contribution < -0.4 is 10.0 Å². The number of carboxylic acid groups (broad SMARTS) is 1. The van der Waals surface area contributed by atoms with Crippen molar-refractivity contribution in [2.75, 3.05) is 13.1 Å². The first kappa shape index (κ1) is 11.7. The predicted octanol–water partition coefficient (Wildman–Crippen LogP) is -0.598. The number of benzene rings is 1. The molecule has 0 saturated heterocycles. The summed E-state index contributed by atoms with van der Waals surface area (Å²) in [6.07, 6.45) is 0. The molecule has 15 heavy (non-hydrogen) atoms. The Morgan fingerprint density at radius 3 is 2.20 bits per heavy atom. The zero-order valence-electron chi connectivity index (χ0n) is 9.19. The number of rotatable bonds is 5. The average Bonchev–Trinajstić information content (AvgIpc) is 2.26. The molecule has 1 rings (SSSR count). The largest absolute Gasteiger partial charge is 0.544 e. The maximum absolute atomic E-state index is 11.1. The van der Waals surface area contributed by atoms with Crippen molar-refractivity contribution < 1.29 is 14.8 Å². The van der Waals surface area contributed by atoms with Gasteiger partial charge in [0.05, 0.1) is 13.1 Å². The molecule has 3 heteroatoms. The van der Waals surface area contributed by atoms with Gasteiger partial charge in [0.25, 0.3) is 0 Å². The fraction of sp³-hybridized carbons (Fsp3) is 0.417. The summed E-state index contributed by atoms with van der Waals surface area (Å²) in [5, 5.41) is 11.1. The van der Waals surface area contributed by atoms with Gasteiger partial charge in [-0.15, -0.1) is 0 Å². The summed E-state index contributed by atoms with van der Waals surface area (Å²) in [6.45, 7) is 5.53. The summed E-state index contributed by atoms with van der Waals surface area (Å²) in [6, 6.07) is 8.72. The van der Waals surface area contributed by atoms with Crippen LogP contribution in [0, 0.1) is 0 Å². The highest BCUT2D eigenvalue weighted by atomic mass is 16.4. The van der Waals surface area contributed by atoms with Crippen molar-refractivity contribution in [1.82, 2.24) is 0 Å². The molecule has 82 valence electrons. The summed E-state index contributed by atoms with van der Waals surface area (Å²) in [7, 11) is 0. The molecular weight excluding hydrogens is 190 g/mol. The Balaban J connectivity index is 2.97. The molecule has 1 N–H and O–H groups in total. The number of carbonyl (C=O) groups excluding carboxylic acids is 1. The summed E-state index contributed by atoms with van der Waals surface area (Å²) < 4.78 is 0. The average molecular weight is 207 g/mol. The molecule has 0 fully saturated rings. The minimum atomic E-state index is -1.00. The van der Waals surface area contributed by atoms with E-state index in [1.54, 1.807) is 0 Å². The minimum Gasteiger partial charge on any atom is -0.544 e.